The van der Waals surface area contributed by atoms with Crippen molar-refractivity contribution in [2.45, 2.75) is 0 Å². The zero-order chi connectivity index (χ0) is 16.4. The summed E-state index contributed by atoms with van der Waals surface area (Å²) >= 11 is 0. The Kier molecular flexibility index (Phi) is 3.67. The summed E-state index contributed by atoms with van der Waals surface area (Å²) in [4.78, 5) is 4.72. The van der Waals surface area contributed by atoms with Gasteiger partial charge in [0.1, 0.15) is 11.6 Å². The number of fused-ring (bicyclic) bond motifs is 1. The fourth-order valence-corrected chi connectivity index (χ4v) is 2.75. The van der Waals surface area contributed by atoms with Gasteiger partial charge in [0.15, 0.2) is 0 Å². The summed E-state index contributed by atoms with van der Waals surface area (Å²) in [5.74, 6) is 0.607. The number of imidazole rings is 1. The number of para-hydroxylation sites is 3. The lowest BCUT2D eigenvalue weighted by Crippen LogP contribution is -1.96. The molecule has 0 N–H and O–H groups in total. The van der Waals surface area contributed by atoms with E-state index in [-0.39, 0.29) is 5.82 Å². The van der Waals surface area contributed by atoms with E-state index in [1.165, 1.54) is 12.1 Å². The van der Waals surface area contributed by atoms with Gasteiger partial charge in [-0.1, -0.05) is 48.5 Å². The molecule has 0 atom stereocenters. The maximum atomic E-state index is 13.0. The van der Waals surface area contributed by atoms with Crippen molar-refractivity contribution in [1.29, 1.82) is 0 Å². The van der Waals surface area contributed by atoms with E-state index in [9.17, 15) is 4.39 Å². The third-order valence-corrected chi connectivity index (χ3v) is 3.90. The van der Waals surface area contributed by atoms with Crippen molar-refractivity contribution in [2.75, 3.05) is 0 Å². The van der Waals surface area contributed by atoms with Gasteiger partial charge in [-0.3, -0.25) is 4.57 Å². The molecule has 1 aromatic heterocycles. The van der Waals surface area contributed by atoms with Gasteiger partial charge in [-0.25, -0.2) is 9.37 Å². The molecule has 0 aliphatic rings. The van der Waals surface area contributed by atoms with Gasteiger partial charge in [0, 0.05) is 5.69 Å². The summed E-state index contributed by atoms with van der Waals surface area (Å²) in [6.45, 7) is 0. The smallest absolute Gasteiger partial charge is 0.138 e. The minimum atomic E-state index is -0.233. The van der Waals surface area contributed by atoms with E-state index in [2.05, 4.69) is 22.8 Å². The highest BCUT2D eigenvalue weighted by molar-refractivity contribution is 5.82. The third-order valence-electron chi connectivity index (χ3n) is 3.90. The van der Waals surface area contributed by atoms with Crippen molar-refractivity contribution < 1.29 is 4.39 Å². The van der Waals surface area contributed by atoms with Crippen LogP contribution in [0.4, 0.5) is 4.39 Å². The van der Waals surface area contributed by atoms with E-state index >= 15 is 0 Å². The fraction of sp³-hybridized carbons (Fsp3) is 0. The molecule has 0 radical (unpaired) electrons. The number of nitrogens with zero attached hydrogens (tertiary/aromatic N) is 2. The second-order valence-corrected chi connectivity index (χ2v) is 5.51. The molecule has 0 fully saturated rings. The highest BCUT2D eigenvalue weighted by atomic mass is 19.1. The zero-order valence-electron chi connectivity index (χ0n) is 12.9. The van der Waals surface area contributed by atoms with Gasteiger partial charge in [-0.15, -0.1) is 0 Å². The fourth-order valence-electron chi connectivity index (χ4n) is 2.75. The average Bonchev–Trinajstić information content (AvgIpc) is 3.00. The molecule has 0 aliphatic carbocycles. The molecule has 2 nitrogen and oxygen atoms in total. The van der Waals surface area contributed by atoms with Crippen LogP contribution in [-0.4, -0.2) is 9.55 Å². The number of hydrogen-bond acceptors (Lipinski definition) is 1. The summed E-state index contributed by atoms with van der Waals surface area (Å²) < 4.78 is 15.2. The lowest BCUT2D eigenvalue weighted by molar-refractivity contribution is 0.628. The molecule has 4 rings (SSSR count). The second-order valence-electron chi connectivity index (χ2n) is 5.51. The van der Waals surface area contributed by atoms with Crippen LogP contribution in [-0.2, 0) is 0 Å². The average molecular weight is 314 g/mol. The Hall–Kier alpha value is -3.20. The van der Waals surface area contributed by atoms with Crippen LogP contribution < -0.4 is 0 Å². The van der Waals surface area contributed by atoms with Gasteiger partial charge in [0.05, 0.1) is 11.0 Å². The molecule has 0 saturated heterocycles. The van der Waals surface area contributed by atoms with Crippen LogP contribution in [0.5, 0.6) is 0 Å². The monoisotopic (exact) mass is 314 g/mol. The first-order valence-electron chi connectivity index (χ1n) is 7.78. The Morgan fingerprint density at radius 3 is 2.25 bits per heavy atom. The van der Waals surface area contributed by atoms with E-state index in [0.717, 1.165) is 28.1 Å². The largest absolute Gasteiger partial charge is 0.293 e. The van der Waals surface area contributed by atoms with Crippen LogP contribution >= 0.6 is 0 Å². The molecule has 0 amide bonds. The lowest BCUT2D eigenvalue weighted by atomic mass is 10.2. The quantitative estimate of drug-likeness (QED) is 0.499. The Bertz CT molecular complexity index is 999. The maximum Gasteiger partial charge on any atom is 0.138 e. The SMILES string of the molecule is Fc1ccc(/C=C/c2nc3ccccc3n2-c2ccccc2)cc1. The molecule has 116 valence electrons. The van der Waals surface area contributed by atoms with E-state index < -0.39 is 0 Å². The molecule has 1 heterocycles. The minimum absolute atomic E-state index is 0.233. The molecular formula is C21H15FN2. The van der Waals surface area contributed by atoms with Gasteiger partial charge < -0.3 is 0 Å². The van der Waals surface area contributed by atoms with Gasteiger partial charge in [0.25, 0.3) is 0 Å². The molecule has 0 spiro atoms. The molecule has 0 aliphatic heterocycles. The summed E-state index contributed by atoms with van der Waals surface area (Å²) in [7, 11) is 0. The van der Waals surface area contributed by atoms with E-state index in [4.69, 9.17) is 4.98 Å². The molecule has 3 aromatic carbocycles. The molecule has 4 aromatic rings. The number of benzene rings is 3. The van der Waals surface area contributed by atoms with Crippen LogP contribution in [0, 0.1) is 5.82 Å². The summed E-state index contributed by atoms with van der Waals surface area (Å²) in [5.41, 5.74) is 4.00. The lowest BCUT2D eigenvalue weighted by Gasteiger charge is -2.06. The van der Waals surface area contributed by atoms with Crippen LogP contribution in [0.1, 0.15) is 11.4 Å². The Morgan fingerprint density at radius 2 is 1.46 bits per heavy atom. The van der Waals surface area contributed by atoms with Crippen LogP contribution in [0.2, 0.25) is 0 Å². The highest BCUT2D eigenvalue weighted by Crippen LogP contribution is 2.22. The Labute approximate surface area is 139 Å². The Morgan fingerprint density at radius 1 is 0.750 bits per heavy atom. The number of hydrogen-bond donors (Lipinski definition) is 0. The molecule has 3 heteroatoms. The first-order chi connectivity index (χ1) is 11.8. The molecular weight excluding hydrogens is 299 g/mol. The molecule has 0 saturated carbocycles. The standard InChI is InChI=1S/C21H15FN2/c22-17-13-10-16(11-14-17)12-15-21-23-19-8-4-5-9-20(19)24(21)18-6-2-1-3-7-18/h1-15H/b15-12+. The zero-order valence-corrected chi connectivity index (χ0v) is 12.9. The topological polar surface area (TPSA) is 17.8 Å². The van der Waals surface area contributed by atoms with Crippen LogP contribution in [0.3, 0.4) is 0 Å². The first-order valence-corrected chi connectivity index (χ1v) is 7.78. The predicted octanol–water partition coefficient (Wildman–Crippen LogP) is 5.34. The van der Waals surface area contributed by atoms with Crippen molar-refractivity contribution in [1.82, 2.24) is 9.55 Å². The van der Waals surface area contributed by atoms with E-state index in [0.29, 0.717) is 0 Å². The summed E-state index contributed by atoms with van der Waals surface area (Å²) in [5, 5.41) is 0. The third kappa shape index (κ3) is 2.72. The highest BCUT2D eigenvalue weighted by Gasteiger charge is 2.09. The van der Waals surface area contributed by atoms with Crippen molar-refractivity contribution in [3.05, 3.63) is 96.1 Å². The molecule has 0 unspecified atom stereocenters. The van der Waals surface area contributed by atoms with Crippen LogP contribution in [0.15, 0.2) is 78.9 Å². The van der Waals surface area contributed by atoms with Crippen molar-refractivity contribution in [3.63, 3.8) is 0 Å². The number of rotatable bonds is 3. The van der Waals surface area contributed by atoms with Gasteiger partial charge in [-0.2, -0.15) is 0 Å². The van der Waals surface area contributed by atoms with E-state index in [1.807, 2.05) is 48.6 Å². The van der Waals surface area contributed by atoms with Gasteiger partial charge in [-0.05, 0) is 48.0 Å². The Balaban J connectivity index is 1.84. The predicted molar refractivity (Wildman–Crippen MR) is 96.4 cm³/mol. The number of halogens is 1. The van der Waals surface area contributed by atoms with Gasteiger partial charge >= 0.3 is 0 Å². The summed E-state index contributed by atoms with van der Waals surface area (Å²) in [6.07, 6.45) is 3.90. The number of aromatic nitrogens is 2. The first kappa shape index (κ1) is 14.4. The molecule has 24 heavy (non-hydrogen) atoms. The van der Waals surface area contributed by atoms with Crippen LogP contribution in [0.25, 0.3) is 28.9 Å². The normalized spacial score (nSPS) is 11.4. The van der Waals surface area contributed by atoms with Crippen molar-refractivity contribution >= 4 is 23.2 Å². The summed E-state index contributed by atoms with van der Waals surface area (Å²) in [6, 6.07) is 24.6. The van der Waals surface area contributed by atoms with E-state index in [1.54, 1.807) is 12.1 Å². The molecule has 0 bridgehead atoms. The minimum Gasteiger partial charge on any atom is -0.293 e. The van der Waals surface area contributed by atoms with Crippen molar-refractivity contribution in [2.24, 2.45) is 0 Å². The van der Waals surface area contributed by atoms with Gasteiger partial charge in [0.2, 0.25) is 0 Å². The maximum absolute atomic E-state index is 13.0. The second kappa shape index (κ2) is 6.13. The van der Waals surface area contributed by atoms with Crippen molar-refractivity contribution in [3.8, 4) is 5.69 Å².